The fourth-order valence-electron chi connectivity index (χ4n) is 5.05. The molecule has 3 N–H and O–H groups in total. The van der Waals surface area contributed by atoms with Crippen molar-refractivity contribution in [3.8, 4) is 28.4 Å². The normalized spacial score (nSPS) is 14.7. The third-order valence-electron chi connectivity index (χ3n) is 7.03. The summed E-state index contributed by atoms with van der Waals surface area (Å²) in [7, 11) is 8.57. The second kappa shape index (κ2) is 15.0. The van der Waals surface area contributed by atoms with E-state index in [0.29, 0.717) is 60.9 Å². The smallest absolute Gasteiger partial charge is 0.242 e. The van der Waals surface area contributed by atoms with Gasteiger partial charge in [-0.25, -0.2) is 0 Å². The third kappa shape index (κ3) is 7.85. The fourth-order valence-corrected chi connectivity index (χ4v) is 5.52. The zero-order valence-corrected chi connectivity index (χ0v) is 25.8. The lowest BCUT2D eigenvalue weighted by Gasteiger charge is -2.19. The van der Waals surface area contributed by atoms with Crippen molar-refractivity contribution >= 4 is 29.3 Å². The van der Waals surface area contributed by atoms with Gasteiger partial charge < -0.3 is 35.1 Å². The Labute approximate surface area is 246 Å². The largest absolute Gasteiger partial charge is 0.493 e. The molecule has 0 fully saturated rings. The maximum absolute atomic E-state index is 13.7. The number of nitrogens with zero attached hydrogens (tertiary/aromatic N) is 1. The van der Waals surface area contributed by atoms with Crippen molar-refractivity contribution in [2.45, 2.75) is 38.3 Å². The number of ether oxygens (including phenoxy) is 3. The first-order chi connectivity index (χ1) is 19.6. The molecule has 2 atom stereocenters. The van der Waals surface area contributed by atoms with Gasteiger partial charge in [0.1, 0.15) is 6.04 Å². The molecule has 2 aromatic carbocycles. The molecule has 0 bridgehead atoms. The SMILES string of the molecule is COc1cc2c(c(OC)c1OC)-c1ccc(N[C@@H](CCSC)C(=O)NCCN(C)C)c(=O)cc1[C@@H](NC(C)=O)CC2. The van der Waals surface area contributed by atoms with Gasteiger partial charge in [-0.1, -0.05) is 6.07 Å². The van der Waals surface area contributed by atoms with E-state index in [2.05, 4.69) is 16.0 Å². The van der Waals surface area contributed by atoms with Crippen molar-refractivity contribution in [2.75, 3.05) is 65.8 Å². The Morgan fingerprint density at radius 1 is 1.10 bits per heavy atom. The van der Waals surface area contributed by atoms with Gasteiger partial charge in [0.2, 0.25) is 23.0 Å². The van der Waals surface area contributed by atoms with Crippen molar-refractivity contribution in [1.29, 1.82) is 0 Å². The van der Waals surface area contributed by atoms with Crippen molar-refractivity contribution in [3.05, 3.63) is 45.6 Å². The molecule has 2 aromatic rings. The number of fused-ring (bicyclic) bond motifs is 3. The highest BCUT2D eigenvalue weighted by molar-refractivity contribution is 7.98. The summed E-state index contributed by atoms with van der Waals surface area (Å²) in [6.07, 6.45) is 3.71. The van der Waals surface area contributed by atoms with Crippen LogP contribution in [0.25, 0.3) is 11.1 Å². The van der Waals surface area contributed by atoms with E-state index in [-0.39, 0.29) is 17.2 Å². The van der Waals surface area contributed by atoms with Crippen LogP contribution in [0.3, 0.4) is 0 Å². The summed E-state index contributed by atoms with van der Waals surface area (Å²) >= 11 is 1.64. The molecular weight excluding hydrogens is 544 g/mol. The molecule has 41 heavy (non-hydrogen) atoms. The Hall–Kier alpha value is -3.44. The summed E-state index contributed by atoms with van der Waals surface area (Å²) in [6, 6.07) is 6.03. The van der Waals surface area contributed by atoms with Gasteiger partial charge in [-0.3, -0.25) is 14.4 Å². The van der Waals surface area contributed by atoms with Crippen LogP contribution in [0.1, 0.15) is 36.9 Å². The topological polar surface area (TPSA) is 118 Å². The number of rotatable bonds is 13. The number of carbonyl (C=O) groups excluding carboxylic acids is 2. The zero-order valence-electron chi connectivity index (χ0n) is 25.0. The minimum Gasteiger partial charge on any atom is -0.493 e. The molecule has 224 valence electrons. The number of amides is 2. The molecule has 1 aliphatic rings. The Balaban J connectivity index is 2.16. The quantitative estimate of drug-likeness (QED) is 0.325. The van der Waals surface area contributed by atoms with E-state index in [1.165, 1.54) is 6.92 Å². The first-order valence-corrected chi connectivity index (χ1v) is 15.0. The Bertz CT molecular complexity index is 1300. The first-order valence-electron chi connectivity index (χ1n) is 13.6. The van der Waals surface area contributed by atoms with Crippen LogP contribution in [-0.4, -0.2) is 83.3 Å². The standard InChI is InChI=1S/C30H42N4O6S/c1-18(35)32-22-10-8-19-16-26(38-4)28(39-5)29(40-6)27(19)20-9-11-23(25(36)17-21(20)22)33-24(12-15-41-7)30(37)31-13-14-34(2)3/h9,11,16-17,22,24H,8,10,12-15H2,1-7H3,(H,31,37)(H,32,35)(H,33,36)/t22-,24-/m0/s1. The highest BCUT2D eigenvalue weighted by Crippen LogP contribution is 2.50. The molecule has 0 saturated heterocycles. The summed E-state index contributed by atoms with van der Waals surface area (Å²) < 4.78 is 17.1. The van der Waals surface area contributed by atoms with Crippen LogP contribution in [0.5, 0.6) is 17.2 Å². The van der Waals surface area contributed by atoms with E-state index in [1.54, 1.807) is 45.2 Å². The van der Waals surface area contributed by atoms with E-state index in [0.717, 1.165) is 22.4 Å². The molecule has 3 rings (SSSR count). The number of hydrogen-bond donors (Lipinski definition) is 3. The number of methoxy groups -OCH3 is 3. The molecule has 11 heteroatoms. The van der Waals surface area contributed by atoms with E-state index in [9.17, 15) is 14.4 Å². The fraction of sp³-hybridized carbons (Fsp3) is 0.500. The van der Waals surface area contributed by atoms with Crippen LogP contribution >= 0.6 is 11.8 Å². The van der Waals surface area contributed by atoms with Gasteiger partial charge in [0.15, 0.2) is 11.5 Å². The number of nitrogens with one attached hydrogen (secondary N) is 3. The number of anilines is 1. The molecule has 10 nitrogen and oxygen atoms in total. The second-order valence-corrected chi connectivity index (χ2v) is 11.2. The maximum atomic E-state index is 13.7. The van der Waals surface area contributed by atoms with E-state index >= 15 is 0 Å². The summed E-state index contributed by atoms with van der Waals surface area (Å²) in [5, 5.41) is 9.20. The lowest BCUT2D eigenvalue weighted by atomic mass is 9.95. The molecule has 0 spiro atoms. The van der Waals surface area contributed by atoms with Crippen LogP contribution in [0, 0.1) is 0 Å². The van der Waals surface area contributed by atoms with Crippen LogP contribution in [0.2, 0.25) is 0 Å². The molecule has 0 aliphatic heterocycles. The number of likely N-dealkylation sites (N-methyl/N-ethyl adjacent to an activating group) is 1. The molecular formula is C30H42N4O6S. The highest BCUT2D eigenvalue weighted by Gasteiger charge is 2.30. The Kier molecular flexibility index (Phi) is 11.7. The van der Waals surface area contributed by atoms with Crippen LogP contribution in [-0.2, 0) is 16.0 Å². The number of thioether (sulfide) groups is 1. The number of hydrogen-bond acceptors (Lipinski definition) is 9. The predicted octanol–water partition coefficient (Wildman–Crippen LogP) is 3.07. The zero-order chi connectivity index (χ0) is 30.1. The number of carbonyl (C=O) groups is 2. The first kappa shape index (κ1) is 32.1. The van der Waals surface area contributed by atoms with E-state index < -0.39 is 12.1 Å². The van der Waals surface area contributed by atoms with Gasteiger partial charge in [-0.05, 0) is 80.3 Å². The van der Waals surface area contributed by atoms with Gasteiger partial charge in [-0.2, -0.15) is 11.8 Å². The average Bonchev–Trinajstić information content (AvgIpc) is 3.18. The average molecular weight is 587 g/mol. The molecule has 2 amide bonds. The third-order valence-corrected chi connectivity index (χ3v) is 7.68. The Morgan fingerprint density at radius 3 is 2.44 bits per heavy atom. The lowest BCUT2D eigenvalue weighted by Crippen LogP contribution is -2.43. The minimum atomic E-state index is -0.586. The molecule has 0 radical (unpaired) electrons. The van der Waals surface area contributed by atoms with Crippen LogP contribution in [0.4, 0.5) is 5.69 Å². The van der Waals surface area contributed by atoms with E-state index in [4.69, 9.17) is 14.2 Å². The molecule has 0 heterocycles. The summed E-state index contributed by atoms with van der Waals surface area (Å²) in [5.41, 5.74) is 3.14. The molecule has 0 unspecified atom stereocenters. The monoisotopic (exact) mass is 586 g/mol. The summed E-state index contributed by atoms with van der Waals surface area (Å²) in [6.45, 7) is 2.68. The van der Waals surface area contributed by atoms with Gasteiger partial charge in [0.25, 0.3) is 0 Å². The molecule has 0 saturated carbocycles. The number of aryl methyl sites for hydroxylation is 1. The molecule has 1 aliphatic carbocycles. The van der Waals surface area contributed by atoms with Gasteiger partial charge in [0.05, 0.1) is 33.1 Å². The van der Waals surface area contributed by atoms with Crippen molar-refractivity contribution in [3.63, 3.8) is 0 Å². The van der Waals surface area contributed by atoms with Crippen molar-refractivity contribution < 1.29 is 23.8 Å². The van der Waals surface area contributed by atoms with Gasteiger partial charge >= 0.3 is 0 Å². The molecule has 0 aromatic heterocycles. The second-order valence-electron chi connectivity index (χ2n) is 10.2. The van der Waals surface area contributed by atoms with Gasteiger partial charge in [0, 0.05) is 25.6 Å². The number of benzene rings is 1. The van der Waals surface area contributed by atoms with Crippen LogP contribution < -0.4 is 35.6 Å². The van der Waals surface area contributed by atoms with Crippen molar-refractivity contribution in [1.82, 2.24) is 15.5 Å². The minimum absolute atomic E-state index is 0.159. The summed E-state index contributed by atoms with van der Waals surface area (Å²) in [5.74, 6) is 1.85. The summed E-state index contributed by atoms with van der Waals surface area (Å²) in [4.78, 5) is 40.9. The maximum Gasteiger partial charge on any atom is 0.242 e. The van der Waals surface area contributed by atoms with Crippen LogP contribution in [0.15, 0.2) is 29.1 Å². The van der Waals surface area contributed by atoms with Crippen molar-refractivity contribution in [2.24, 2.45) is 0 Å². The van der Waals surface area contributed by atoms with E-state index in [1.807, 2.05) is 37.4 Å². The predicted molar refractivity (Wildman–Crippen MR) is 165 cm³/mol. The Morgan fingerprint density at radius 2 is 1.83 bits per heavy atom. The highest BCUT2D eigenvalue weighted by atomic mass is 32.2. The van der Waals surface area contributed by atoms with Gasteiger partial charge in [-0.15, -0.1) is 0 Å². The lowest BCUT2D eigenvalue weighted by molar-refractivity contribution is -0.122.